The van der Waals surface area contributed by atoms with Crippen LogP contribution in [0.3, 0.4) is 0 Å². The third kappa shape index (κ3) is 2.90. The lowest BCUT2D eigenvalue weighted by Gasteiger charge is -2.32. The molecule has 1 saturated heterocycles. The largest absolute Gasteiger partial charge is 0.478 e. The second-order valence-corrected chi connectivity index (χ2v) is 5.76. The number of carboxylic acid groups (broad SMARTS) is 1. The number of thioether (sulfide) groups is 1. The number of hydrogen-bond acceptors (Lipinski definition) is 4. The first kappa shape index (κ1) is 13.5. The van der Waals surface area contributed by atoms with Crippen LogP contribution in [0.25, 0.3) is 0 Å². The molecule has 2 rings (SSSR count). The maximum Gasteiger partial charge on any atom is 0.339 e. The van der Waals surface area contributed by atoms with Crippen LogP contribution in [0.4, 0.5) is 5.82 Å². The fraction of sp³-hybridized carbons (Fsp3) is 0.500. The lowest BCUT2D eigenvalue weighted by Crippen LogP contribution is -2.36. The van der Waals surface area contributed by atoms with Crippen LogP contribution < -0.4 is 4.90 Å². The van der Waals surface area contributed by atoms with E-state index in [0.717, 1.165) is 25.9 Å². The lowest BCUT2D eigenvalue weighted by atomic mass is 10.1. The molecule has 0 aromatic carbocycles. The van der Waals surface area contributed by atoms with E-state index in [1.165, 1.54) is 12.1 Å². The third-order valence-corrected chi connectivity index (χ3v) is 4.49. The quantitative estimate of drug-likeness (QED) is 0.866. The Morgan fingerprint density at radius 1 is 1.50 bits per heavy atom. The first-order chi connectivity index (χ1) is 8.61. The molecule has 0 saturated carbocycles. The summed E-state index contributed by atoms with van der Waals surface area (Å²) in [6.45, 7) is 1.66. The summed E-state index contributed by atoms with van der Waals surface area (Å²) in [7, 11) is 0. The molecule has 0 atom stereocenters. The van der Waals surface area contributed by atoms with Gasteiger partial charge in [0, 0.05) is 18.3 Å². The van der Waals surface area contributed by atoms with Gasteiger partial charge in [0.15, 0.2) is 0 Å². The van der Waals surface area contributed by atoms with Crippen molar-refractivity contribution in [2.24, 2.45) is 0 Å². The van der Waals surface area contributed by atoms with E-state index in [9.17, 15) is 9.90 Å². The lowest BCUT2D eigenvalue weighted by molar-refractivity contribution is 0.0697. The van der Waals surface area contributed by atoms with Gasteiger partial charge in [0.25, 0.3) is 0 Å². The molecule has 0 spiro atoms. The Labute approximate surface area is 115 Å². The van der Waals surface area contributed by atoms with Crippen LogP contribution >= 0.6 is 23.4 Å². The van der Waals surface area contributed by atoms with Gasteiger partial charge in [-0.05, 0) is 31.2 Å². The molecule has 1 aliphatic heterocycles. The Balaban J connectivity index is 2.22. The van der Waals surface area contributed by atoms with E-state index in [2.05, 4.69) is 11.2 Å². The van der Waals surface area contributed by atoms with Crippen molar-refractivity contribution in [3.8, 4) is 0 Å². The zero-order valence-electron chi connectivity index (χ0n) is 10.1. The van der Waals surface area contributed by atoms with Gasteiger partial charge < -0.3 is 10.0 Å². The van der Waals surface area contributed by atoms with Crippen molar-refractivity contribution in [2.75, 3.05) is 24.2 Å². The van der Waals surface area contributed by atoms with E-state index in [4.69, 9.17) is 11.6 Å². The predicted molar refractivity (Wildman–Crippen MR) is 75.0 cm³/mol. The van der Waals surface area contributed by atoms with Gasteiger partial charge in [0.1, 0.15) is 16.5 Å². The number of hydrogen-bond donors (Lipinski definition) is 1. The average molecular weight is 287 g/mol. The zero-order chi connectivity index (χ0) is 13.1. The Morgan fingerprint density at radius 3 is 2.72 bits per heavy atom. The number of rotatable bonds is 3. The molecular weight excluding hydrogens is 272 g/mol. The SMILES string of the molecule is CSC1CCN(c2nc(Cl)ccc2C(=O)O)CC1. The summed E-state index contributed by atoms with van der Waals surface area (Å²) in [6.07, 6.45) is 4.21. The highest BCUT2D eigenvalue weighted by atomic mass is 35.5. The van der Waals surface area contributed by atoms with Gasteiger partial charge in [-0.2, -0.15) is 11.8 Å². The molecule has 1 aromatic rings. The van der Waals surface area contributed by atoms with E-state index in [-0.39, 0.29) is 5.56 Å². The number of aromatic nitrogens is 1. The molecule has 6 heteroatoms. The molecule has 1 fully saturated rings. The molecule has 1 aliphatic rings. The van der Waals surface area contributed by atoms with E-state index < -0.39 is 5.97 Å². The summed E-state index contributed by atoms with van der Waals surface area (Å²) in [4.78, 5) is 17.4. The second-order valence-electron chi connectivity index (χ2n) is 4.23. The van der Waals surface area contributed by atoms with E-state index in [1.54, 1.807) is 0 Å². The number of pyridine rings is 1. The number of nitrogens with zero attached hydrogens (tertiary/aromatic N) is 2. The van der Waals surface area contributed by atoms with Crippen molar-refractivity contribution < 1.29 is 9.90 Å². The number of aromatic carboxylic acids is 1. The van der Waals surface area contributed by atoms with E-state index >= 15 is 0 Å². The standard InChI is InChI=1S/C12H15ClN2O2S/c1-18-8-4-6-15(7-5-8)11-9(12(16)17)2-3-10(13)14-11/h2-3,8H,4-7H2,1H3,(H,16,17). The predicted octanol–water partition coefficient (Wildman–Crippen LogP) is 2.77. The van der Waals surface area contributed by atoms with Gasteiger partial charge in [-0.1, -0.05) is 11.6 Å². The average Bonchev–Trinajstić information content (AvgIpc) is 2.38. The van der Waals surface area contributed by atoms with Crippen LogP contribution in [0.1, 0.15) is 23.2 Å². The molecule has 1 N–H and O–H groups in total. The normalized spacial score (nSPS) is 16.9. The van der Waals surface area contributed by atoms with Gasteiger partial charge in [0.05, 0.1) is 0 Å². The summed E-state index contributed by atoms with van der Waals surface area (Å²) < 4.78 is 0. The minimum atomic E-state index is -0.957. The van der Waals surface area contributed by atoms with Crippen LogP contribution in [0.15, 0.2) is 12.1 Å². The van der Waals surface area contributed by atoms with Gasteiger partial charge in [0.2, 0.25) is 0 Å². The van der Waals surface area contributed by atoms with Gasteiger partial charge in [-0.15, -0.1) is 0 Å². The van der Waals surface area contributed by atoms with Gasteiger partial charge in [-0.3, -0.25) is 0 Å². The van der Waals surface area contributed by atoms with Crippen LogP contribution in [0.2, 0.25) is 5.15 Å². The van der Waals surface area contributed by atoms with E-state index in [0.29, 0.717) is 16.2 Å². The van der Waals surface area contributed by atoms with Crippen molar-refractivity contribution in [3.05, 3.63) is 22.8 Å². The summed E-state index contributed by atoms with van der Waals surface area (Å²) in [5.41, 5.74) is 0.224. The molecule has 0 unspecified atom stereocenters. The van der Waals surface area contributed by atoms with Crippen LogP contribution in [-0.4, -0.2) is 40.7 Å². The molecule has 1 aromatic heterocycles. The first-order valence-electron chi connectivity index (χ1n) is 5.79. The zero-order valence-corrected chi connectivity index (χ0v) is 11.7. The fourth-order valence-electron chi connectivity index (χ4n) is 2.14. The van der Waals surface area contributed by atoms with Crippen molar-refractivity contribution >= 4 is 35.1 Å². The van der Waals surface area contributed by atoms with Crippen LogP contribution in [-0.2, 0) is 0 Å². The maximum atomic E-state index is 11.2. The molecule has 0 bridgehead atoms. The number of halogens is 1. The Bertz CT molecular complexity index is 448. The summed E-state index contributed by atoms with van der Waals surface area (Å²) in [5.74, 6) is -0.462. The molecule has 18 heavy (non-hydrogen) atoms. The molecule has 98 valence electrons. The minimum absolute atomic E-state index is 0.224. The number of piperidine rings is 1. The minimum Gasteiger partial charge on any atom is -0.478 e. The molecule has 0 amide bonds. The number of carboxylic acids is 1. The first-order valence-corrected chi connectivity index (χ1v) is 7.46. The molecular formula is C12H15ClN2O2S. The topological polar surface area (TPSA) is 53.4 Å². The summed E-state index contributed by atoms with van der Waals surface area (Å²) in [5, 5.41) is 10.2. The Kier molecular flexibility index (Phi) is 4.35. The van der Waals surface area contributed by atoms with Crippen molar-refractivity contribution in [1.29, 1.82) is 0 Å². The summed E-state index contributed by atoms with van der Waals surface area (Å²) in [6, 6.07) is 3.04. The fourth-order valence-corrected chi connectivity index (χ4v) is 2.96. The number of carbonyl (C=O) groups is 1. The monoisotopic (exact) mass is 286 g/mol. The highest BCUT2D eigenvalue weighted by Gasteiger charge is 2.23. The van der Waals surface area contributed by atoms with Gasteiger partial charge >= 0.3 is 5.97 Å². The van der Waals surface area contributed by atoms with Crippen molar-refractivity contribution in [2.45, 2.75) is 18.1 Å². The van der Waals surface area contributed by atoms with E-state index in [1.807, 2.05) is 16.7 Å². The van der Waals surface area contributed by atoms with Crippen molar-refractivity contribution in [3.63, 3.8) is 0 Å². The summed E-state index contributed by atoms with van der Waals surface area (Å²) >= 11 is 7.73. The van der Waals surface area contributed by atoms with Crippen molar-refractivity contribution in [1.82, 2.24) is 4.98 Å². The highest BCUT2D eigenvalue weighted by molar-refractivity contribution is 7.99. The van der Waals surface area contributed by atoms with Crippen LogP contribution in [0, 0.1) is 0 Å². The van der Waals surface area contributed by atoms with Crippen LogP contribution in [0.5, 0.6) is 0 Å². The Hall–Kier alpha value is -0.940. The number of anilines is 1. The molecule has 4 nitrogen and oxygen atoms in total. The molecule has 2 heterocycles. The Morgan fingerprint density at radius 2 is 2.17 bits per heavy atom. The second kappa shape index (κ2) is 5.80. The molecule has 0 radical (unpaired) electrons. The maximum absolute atomic E-state index is 11.2. The molecule has 0 aliphatic carbocycles. The third-order valence-electron chi connectivity index (χ3n) is 3.15. The smallest absolute Gasteiger partial charge is 0.339 e. The highest BCUT2D eigenvalue weighted by Crippen LogP contribution is 2.27. The van der Waals surface area contributed by atoms with Gasteiger partial charge in [-0.25, -0.2) is 9.78 Å².